The highest BCUT2D eigenvalue weighted by molar-refractivity contribution is 7.98. The van der Waals surface area contributed by atoms with E-state index < -0.39 is 0 Å². The maximum absolute atomic E-state index is 6.00. The van der Waals surface area contributed by atoms with Crippen molar-refractivity contribution in [3.63, 3.8) is 0 Å². The minimum Gasteiger partial charge on any atom is -0.493 e. The molecule has 0 unspecified atom stereocenters. The summed E-state index contributed by atoms with van der Waals surface area (Å²) in [5.41, 5.74) is 0.880. The second kappa shape index (κ2) is 7.26. The molecule has 0 fully saturated rings. The summed E-state index contributed by atoms with van der Waals surface area (Å²) in [5, 5.41) is 0.673. The third kappa shape index (κ3) is 4.13. The third-order valence-electron chi connectivity index (χ3n) is 1.96. The fraction of sp³-hybridized carbons (Fsp3) is 0.455. The van der Waals surface area contributed by atoms with Crippen LogP contribution in [0.1, 0.15) is 12.0 Å². The van der Waals surface area contributed by atoms with Gasteiger partial charge in [-0.2, -0.15) is 11.8 Å². The van der Waals surface area contributed by atoms with E-state index >= 15 is 0 Å². The molecule has 0 saturated carbocycles. The summed E-state index contributed by atoms with van der Waals surface area (Å²) in [4.78, 5) is 0. The lowest BCUT2D eigenvalue weighted by molar-refractivity contribution is 0.316. The molecule has 0 saturated heterocycles. The number of halogens is 2. The molecule has 0 bridgehead atoms. The van der Waals surface area contributed by atoms with Crippen LogP contribution in [-0.2, 0) is 5.88 Å². The lowest BCUT2D eigenvalue weighted by Gasteiger charge is -2.10. The SMILES string of the molecule is CSCCCOc1cccc(Cl)c1CCl. The summed E-state index contributed by atoms with van der Waals surface area (Å²) < 4.78 is 5.63. The zero-order valence-corrected chi connectivity index (χ0v) is 11.0. The molecule has 0 radical (unpaired) electrons. The van der Waals surface area contributed by atoms with E-state index in [0.29, 0.717) is 17.5 Å². The van der Waals surface area contributed by atoms with Gasteiger partial charge in [0.05, 0.1) is 12.5 Å². The number of hydrogen-bond donors (Lipinski definition) is 0. The minimum absolute atomic E-state index is 0.386. The highest BCUT2D eigenvalue weighted by Gasteiger charge is 2.06. The Kier molecular flexibility index (Phi) is 6.30. The maximum atomic E-state index is 6.00. The second-order valence-corrected chi connectivity index (χ2v) is 4.71. The van der Waals surface area contributed by atoms with Gasteiger partial charge < -0.3 is 4.74 Å². The van der Waals surface area contributed by atoms with Crippen molar-refractivity contribution in [2.45, 2.75) is 12.3 Å². The predicted molar refractivity (Wildman–Crippen MR) is 69.5 cm³/mol. The molecule has 84 valence electrons. The lowest BCUT2D eigenvalue weighted by atomic mass is 10.2. The molecular formula is C11H14Cl2OS. The van der Waals surface area contributed by atoms with Crippen LogP contribution in [-0.4, -0.2) is 18.6 Å². The second-order valence-electron chi connectivity index (χ2n) is 3.04. The zero-order valence-electron chi connectivity index (χ0n) is 8.63. The Bertz CT molecular complexity index is 305. The molecule has 1 rings (SSSR count). The highest BCUT2D eigenvalue weighted by Crippen LogP contribution is 2.28. The Hall–Kier alpha value is -0.0500. The molecular weight excluding hydrogens is 251 g/mol. The number of ether oxygens (including phenoxy) is 1. The van der Waals surface area contributed by atoms with Gasteiger partial charge in [0.2, 0.25) is 0 Å². The molecule has 0 aliphatic heterocycles. The summed E-state index contributed by atoms with van der Waals surface area (Å²) in [7, 11) is 0. The largest absolute Gasteiger partial charge is 0.493 e. The molecule has 1 aromatic rings. The number of hydrogen-bond acceptors (Lipinski definition) is 2. The van der Waals surface area contributed by atoms with E-state index in [-0.39, 0.29) is 0 Å². The van der Waals surface area contributed by atoms with E-state index in [9.17, 15) is 0 Å². The van der Waals surface area contributed by atoms with E-state index in [1.165, 1.54) is 0 Å². The molecule has 15 heavy (non-hydrogen) atoms. The Morgan fingerprint density at radius 1 is 1.40 bits per heavy atom. The standard InChI is InChI=1S/C11H14Cl2OS/c1-15-7-3-6-14-11-5-2-4-10(13)9(11)8-12/h2,4-5H,3,6-8H2,1H3. The molecule has 1 aromatic carbocycles. The first-order valence-corrected chi connectivity index (χ1v) is 7.05. The van der Waals surface area contributed by atoms with E-state index in [0.717, 1.165) is 23.5 Å². The third-order valence-corrected chi connectivity index (χ3v) is 3.28. The average Bonchev–Trinajstić information content (AvgIpc) is 2.24. The monoisotopic (exact) mass is 264 g/mol. The van der Waals surface area contributed by atoms with Crippen molar-refractivity contribution in [2.75, 3.05) is 18.6 Å². The number of rotatable bonds is 6. The summed E-state index contributed by atoms with van der Waals surface area (Å²) in [6.45, 7) is 0.713. The first kappa shape index (κ1) is 13.0. The van der Waals surface area contributed by atoms with Gasteiger partial charge in [-0.05, 0) is 30.6 Å². The zero-order chi connectivity index (χ0) is 11.1. The van der Waals surface area contributed by atoms with Gasteiger partial charge in [-0.3, -0.25) is 0 Å². The molecule has 0 amide bonds. The lowest BCUT2D eigenvalue weighted by Crippen LogP contribution is -2.00. The van der Waals surface area contributed by atoms with Crippen molar-refractivity contribution in [2.24, 2.45) is 0 Å². The fourth-order valence-corrected chi connectivity index (χ4v) is 2.17. The number of alkyl halides is 1. The van der Waals surface area contributed by atoms with Crippen molar-refractivity contribution in [3.8, 4) is 5.75 Å². The molecule has 0 heterocycles. The normalized spacial score (nSPS) is 10.3. The first-order valence-electron chi connectivity index (χ1n) is 4.74. The fourth-order valence-electron chi connectivity index (χ4n) is 1.19. The molecule has 1 nitrogen and oxygen atoms in total. The van der Waals surface area contributed by atoms with E-state index in [1.807, 2.05) is 30.0 Å². The molecule has 0 aromatic heterocycles. The van der Waals surface area contributed by atoms with Crippen molar-refractivity contribution in [1.82, 2.24) is 0 Å². The van der Waals surface area contributed by atoms with Crippen LogP contribution < -0.4 is 4.74 Å². The average molecular weight is 265 g/mol. The first-order chi connectivity index (χ1) is 7.29. The van der Waals surface area contributed by atoms with Gasteiger partial charge >= 0.3 is 0 Å². The number of benzene rings is 1. The van der Waals surface area contributed by atoms with Crippen molar-refractivity contribution >= 4 is 35.0 Å². The minimum atomic E-state index is 0.386. The van der Waals surface area contributed by atoms with E-state index in [2.05, 4.69) is 6.26 Å². The van der Waals surface area contributed by atoms with E-state index in [1.54, 1.807) is 0 Å². The summed E-state index contributed by atoms with van der Waals surface area (Å²) in [6.07, 6.45) is 3.12. The summed E-state index contributed by atoms with van der Waals surface area (Å²) in [5.74, 6) is 2.30. The quantitative estimate of drug-likeness (QED) is 0.563. The van der Waals surface area contributed by atoms with Crippen LogP contribution in [0.25, 0.3) is 0 Å². The van der Waals surface area contributed by atoms with Gasteiger partial charge in [0.15, 0.2) is 0 Å². The molecule has 4 heteroatoms. The topological polar surface area (TPSA) is 9.23 Å². The van der Waals surface area contributed by atoms with Crippen molar-refractivity contribution < 1.29 is 4.74 Å². The molecule has 0 aliphatic rings. The Labute approximate surface area is 105 Å². The number of thioether (sulfide) groups is 1. The van der Waals surface area contributed by atoms with Gasteiger partial charge in [0, 0.05) is 10.6 Å². The molecule has 0 atom stereocenters. The van der Waals surface area contributed by atoms with Gasteiger partial charge in [-0.25, -0.2) is 0 Å². The van der Waals surface area contributed by atoms with Gasteiger partial charge in [0.25, 0.3) is 0 Å². The Morgan fingerprint density at radius 3 is 2.87 bits per heavy atom. The van der Waals surface area contributed by atoms with Crippen molar-refractivity contribution in [1.29, 1.82) is 0 Å². The van der Waals surface area contributed by atoms with E-state index in [4.69, 9.17) is 27.9 Å². The van der Waals surface area contributed by atoms with Crippen LogP contribution in [0.5, 0.6) is 5.75 Å². The van der Waals surface area contributed by atoms with Crippen LogP contribution in [0, 0.1) is 0 Å². The van der Waals surface area contributed by atoms with Crippen LogP contribution in [0.2, 0.25) is 5.02 Å². The van der Waals surface area contributed by atoms with Crippen LogP contribution in [0.3, 0.4) is 0 Å². The summed E-state index contributed by atoms with van der Waals surface area (Å²) >= 11 is 13.6. The van der Waals surface area contributed by atoms with Crippen molar-refractivity contribution in [3.05, 3.63) is 28.8 Å². The van der Waals surface area contributed by atoms with Gasteiger partial charge in [-0.1, -0.05) is 17.7 Å². The predicted octanol–water partition coefficient (Wildman–Crippen LogP) is 4.21. The highest BCUT2D eigenvalue weighted by atomic mass is 35.5. The Morgan fingerprint density at radius 2 is 2.20 bits per heavy atom. The van der Waals surface area contributed by atoms with Gasteiger partial charge in [-0.15, -0.1) is 11.6 Å². The van der Waals surface area contributed by atoms with Gasteiger partial charge in [0.1, 0.15) is 5.75 Å². The smallest absolute Gasteiger partial charge is 0.125 e. The molecule has 0 aliphatic carbocycles. The molecule has 0 N–H and O–H groups in total. The van der Waals surface area contributed by atoms with Crippen LogP contribution in [0.15, 0.2) is 18.2 Å². The Balaban J connectivity index is 2.56. The van der Waals surface area contributed by atoms with Crippen LogP contribution >= 0.6 is 35.0 Å². The summed E-state index contributed by atoms with van der Waals surface area (Å²) in [6, 6.07) is 5.61. The maximum Gasteiger partial charge on any atom is 0.125 e. The molecule has 0 spiro atoms. The van der Waals surface area contributed by atoms with Crippen LogP contribution in [0.4, 0.5) is 0 Å².